The van der Waals surface area contributed by atoms with Crippen molar-refractivity contribution in [1.82, 2.24) is 4.57 Å². The lowest BCUT2D eigenvalue weighted by molar-refractivity contribution is 1.19. The molecule has 0 unspecified atom stereocenters. The average molecular weight is 775 g/mol. The van der Waals surface area contributed by atoms with E-state index in [1.54, 1.807) is 0 Å². The predicted octanol–water partition coefficient (Wildman–Crippen LogP) is 16.3. The molecule has 9 aromatic carbocycles. The number of hydrogen-bond donors (Lipinski definition) is 0. The van der Waals surface area contributed by atoms with Crippen LogP contribution in [0.2, 0.25) is 0 Å². The lowest BCUT2D eigenvalue weighted by Gasteiger charge is -2.26. The van der Waals surface area contributed by atoms with Crippen molar-refractivity contribution in [3.8, 4) is 27.9 Å². The molecule has 0 radical (unpaired) electrons. The number of aromatic nitrogens is 1. The highest BCUT2D eigenvalue weighted by Gasteiger charge is 2.23. The van der Waals surface area contributed by atoms with E-state index in [0.29, 0.717) is 0 Å². The monoisotopic (exact) mass is 774 g/mol. The van der Waals surface area contributed by atoms with Crippen LogP contribution in [-0.4, -0.2) is 4.57 Å². The molecule has 3 heterocycles. The highest BCUT2D eigenvalue weighted by molar-refractivity contribution is 7.26. The molecule has 0 aliphatic carbocycles. The van der Waals surface area contributed by atoms with Gasteiger partial charge in [0.1, 0.15) is 0 Å². The molecule has 0 N–H and O–H groups in total. The molecule has 0 aliphatic rings. The van der Waals surface area contributed by atoms with Crippen molar-refractivity contribution in [2.24, 2.45) is 0 Å². The Balaban J connectivity index is 1.19. The molecule has 12 aromatic rings. The Morgan fingerprint density at radius 1 is 0.362 bits per heavy atom. The fourth-order valence-corrected chi connectivity index (χ4v) is 11.2. The normalized spacial score (nSPS) is 11.8. The third-order valence-electron chi connectivity index (χ3n) is 11.6. The first-order valence-corrected chi connectivity index (χ1v) is 21.3. The van der Waals surface area contributed by atoms with E-state index in [9.17, 15) is 0 Å². The predicted molar refractivity (Wildman–Crippen MR) is 252 cm³/mol. The van der Waals surface area contributed by atoms with Gasteiger partial charge in [0.05, 0.1) is 21.4 Å². The molecule has 12 rings (SSSR count). The maximum atomic E-state index is 2.51. The van der Waals surface area contributed by atoms with Crippen LogP contribution < -0.4 is 4.90 Å². The zero-order valence-corrected chi connectivity index (χ0v) is 33.0. The third kappa shape index (κ3) is 5.23. The van der Waals surface area contributed by atoms with Gasteiger partial charge in [-0.1, -0.05) is 127 Å². The number of rotatable bonds is 6. The number of hydrogen-bond acceptors (Lipinski definition) is 3. The Morgan fingerprint density at radius 2 is 1.00 bits per heavy atom. The second-order valence-electron chi connectivity index (χ2n) is 14.9. The summed E-state index contributed by atoms with van der Waals surface area (Å²) >= 11 is 3.73. The molecule has 0 saturated carbocycles. The molecule has 0 fully saturated rings. The van der Waals surface area contributed by atoms with Gasteiger partial charge in [-0.2, -0.15) is 0 Å². The minimum absolute atomic E-state index is 1.12. The van der Waals surface area contributed by atoms with E-state index in [1.807, 2.05) is 22.7 Å². The van der Waals surface area contributed by atoms with E-state index in [2.05, 4.69) is 216 Å². The van der Waals surface area contributed by atoms with Gasteiger partial charge in [0.25, 0.3) is 0 Å². The zero-order chi connectivity index (χ0) is 38.2. The van der Waals surface area contributed by atoms with Crippen LogP contribution in [0.15, 0.2) is 206 Å². The third-order valence-corrected chi connectivity index (χ3v) is 13.9. The van der Waals surface area contributed by atoms with Crippen LogP contribution in [0, 0.1) is 0 Å². The van der Waals surface area contributed by atoms with Crippen LogP contribution in [0.3, 0.4) is 0 Å². The molecule has 0 spiro atoms. The van der Waals surface area contributed by atoms with Crippen LogP contribution in [0.5, 0.6) is 0 Å². The van der Waals surface area contributed by atoms with Crippen molar-refractivity contribution in [2.75, 3.05) is 4.90 Å². The van der Waals surface area contributed by atoms with E-state index in [-0.39, 0.29) is 0 Å². The van der Waals surface area contributed by atoms with Crippen molar-refractivity contribution < 1.29 is 0 Å². The van der Waals surface area contributed by atoms with Gasteiger partial charge in [-0.3, -0.25) is 0 Å². The molecule has 0 saturated heterocycles. The number of thiophene rings is 2. The van der Waals surface area contributed by atoms with Crippen molar-refractivity contribution in [2.45, 2.75) is 0 Å². The Labute approximate surface area is 343 Å². The number of benzene rings is 9. The van der Waals surface area contributed by atoms with Crippen molar-refractivity contribution >= 4 is 102 Å². The first-order valence-electron chi connectivity index (χ1n) is 19.7. The standard InChI is InChI=1S/C54H34N2S2/c1-4-15-35(16-5-1)37-31-44(36-17-6-2-7-18-36)53-47(32-37)45-33-39(27-29-48(45)56(53)40-28-30-52-46(34-40)42-22-11-12-25-50(42)57-52)55(38-19-8-3-9-20-38)49-24-14-23-43-41-21-10-13-26-51(41)58-54(43)49/h1-34H. The molecule has 0 bridgehead atoms. The molecule has 3 aromatic heterocycles. The maximum absolute atomic E-state index is 2.51. The zero-order valence-electron chi connectivity index (χ0n) is 31.3. The summed E-state index contributed by atoms with van der Waals surface area (Å²) < 4.78 is 7.71. The second kappa shape index (κ2) is 13.3. The lowest BCUT2D eigenvalue weighted by atomic mass is 9.95. The van der Waals surface area contributed by atoms with Gasteiger partial charge in [0, 0.05) is 69.0 Å². The van der Waals surface area contributed by atoms with Crippen LogP contribution in [0.4, 0.5) is 17.1 Å². The molecule has 2 nitrogen and oxygen atoms in total. The largest absolute Gasteiger partial charge is 0.309 e. The van der Waals surface area contributed by atoms with E-state index in [1.165, 1.54) is 90.1 Å². The van der Waals surface area contributed by atoms with Crippen molar-refractivity contribution in [3.63, 3.8) is 0 Å². The van der Waals surface area contributed by atoms with Gasteiger partial charge in [-0.05, 0) is 95.6 Å². The van der Waals surface area contributed by atoms with E-state index >= 15 is 0 Å². The Kier molecular flexibility index (Phi) is 7.62. The highest BCUT2D eigenvalue weighted by atomic mass is 32.1. The van der Waals surface area contributed by atoms with E-state index in [0.717, 1.165) is 17.1 Å². The van der Waals surface area contributed by atoms with Gasteiger partial charge >= 0.3 is 0 Å². The van der Waals surface area contributed by atoms with E-state index in [4.69, 9.17) is 0 Å². The number of nitrogens with zero attached hydrogens (tertiary/aromatic N) is 2. The highest BCUT2D eigenvalue weighted by Crippen LogP contribution is 2.48. The topological polar surface area (TPSA) is 8.17 Å². The maximum Gasteiger partial charge on any atom is 0.0640 e. The number of fused-ring (bicyclic) bond motifs is 9. The Hall–Kier alpha value is -6.98. The van der Waals surface area contributed by atoms with Crippen molar-refractivity contribution in [1.29, 1.82) is 0 Å². The van der Waals surface area contributed by atoms with Crippen LogP contribution in [0.1, 0.15) is 0 Å². The van der Waals surface area contributed by atoms with E-state index < -0.39 is 0 Å². The molecule has 58 heavy (non-hydrogen) atoms. The summed E-state index contributed by atoms with van der Waals surface area (Å²) in [6.45, 7) is 0. The van der Waals surface area contributed by atoms with Crippen molar-refractivity contribution in [3.05, 3.63) is 206 Å². The van der Waals surface area contributed by atoms with Crippen LogP contribution in [0.25, 0.3) is 90.1 Å². The first-order chi connectivity index (χ1) is 28.8. The second-order valence-corrected chi connectivity index (χ2v) is 17.0. The molecule has 0 aliphatic heterocycles. The number of anilines is 3. The summed E-state index contributed by atoms with van der Waals surface area (Å²) in [6.07, 6.45) is 0. The minimum atomic E-state index is 1.12. The molecular weight excluding hydrogens is 741 g/mol. The van der Waals surface area contributed by atoms with Gasteiger partial charge in [-0.25, -0.2) is 0 Å². The Morgan fingerprint density at radius 3 is 1.78 bits per heavy atom. The fraction of sp³-hybridized carbons (Fsp3) is 0. The lowest BCUT2D eigenvalue weighted by Crippen LogP contribution is -2.10. The van der Waals surface area contributed by atoms with Crippen LogP contribution >= 0.6 is 22.7 Å². The molecule has 272 valence electrons. The molecule has 0 atom stereocenters. The molecule has 0 amide bonds. The van der Waals surface area contributed by atoms with Gasteiger partial charge in [0.2, 0.25) is 0 Å². The van der Waals surface area contributed by atoms with Gasteiger partial charge < -0.3 is 9.47 Å². The molecule has 4 heteroatoms. The smallest absolute Gasteiger partial charge is 0.0640 e. The summed E-state index contributed by atoms with van der Waals surface area (Å²) in [5.41, 5.74) is 11.8. The summed E-state index contributed by atoms with van der Waals surface area (Å²) in [6, 6.07) is 75.7. The van der Waals surface area contributed by atoms with Gasteiger partial charge in [-0.15, -0.1) is 22.7 Å². The van der Waals surface area contributed by atoms with Gasteiger partial charge in [0.15, 0.2) is 0 Å². The summed E-state index contributed by atoms with van der Waals surface area (Å²) in [4.78, 5) is 2.45. The summed E-state index contributed by atoms with van der Waals surface area (Å²) in [5.74, 6) is 0. The summed E-state index contributed by atoms with van der Waals surface area (Å²) in [5, 5.41) is 7.61. The Bertz CT molecular complexity index is 3500. The minimum Gasteiger partial charge on any atom is -0.309 e. The fourth-order valence-electron chi connectivity index (χ4n) is 8.94. The first kappa shape index (κ1) is 33.2. The molecular formula is C54H34N2S2. The number of para-hydroxylation sites is 1. The summed E-state index contributed by atoms with van der Waals surface area (Å²) in [7, 11) is 0. The average Bonchev–Trinajstić information content (AvgIpc) is 3.97. The SMILES string of the molecule is c1ccc(-c2cc(-c3ccccc3)c3c(c2)c2cc(N(c4ccccc4)c4cccc5c4sc4ccccc45)ccc2n3-c2ccc3sc4ccccc4c3c2)cc1. The quantitative estimate of drug-likeness (QED) is 0.163. The van der Waals surface area contributed by atoms with Crippen LogP contribution in [-0.2, 0) is 0 Å².